The third kappa shape index (κ3) is 4.76. The van der Waals surface area contributed by atoms with Crippen LogP contribution < -0.4 is 5.56 Å². The second-order valence-corrected chi connectivity index (χ2v) is 8.79. The predicted molar refractivity (Wildman–Crippen MR) is 135 cm³/mol. The Morgan fingerprint density at radius 1 is 1.06 bits per heavy atom. The number of hydrogen-bond donors (Lipinski definition) is 1. The van der Waals surface area contributed by atoms with E-state index in [1.165, 1.54) is 12.1 Å². The average Bonchev–Trinajstić information content (AvgIpc) is 3.38. The summed E-state index contributed by atoms with van der Waals surface area (Å²) in [5.41, 5.74) is 4.84. The van der Waals surface area contributed by atoms with Crippen LogP contribution in [0.2, 0.25) is 0 Å². The van der Waals surface area contributed by atoms with Gasteiger partial charge in [-0.3, -0.25) is 19.8 Å². The molecule has 0 saturated carbocycles. The predicted octanol–water partition coefficient (Wildman–Crippen LogP) is 5.17. The van der Waals surface area contributed by atoms with Gasteiger partial charge in [-0.1, -0.05) is 36.4 Å². The molecule has 176 valence electrons. The third-order valence-corrected chi connectivity index (χ3v) is 6.39. The Hall–Kier alpha value is -4.10. The molecule has 35 heavy (non-hydrogen) atoms. The van der Waals surface area contributed by atoms with Crippen molar-refractivity contribution in [1.29, 1.82) is 0 Å². The van der Waals surface area contributed by atoms with Crippen LogP contribution >= 0.6 is 0 Å². The van der Waals surface area contributed by atoms with Gasteiger partial charge in [0.25, 0.3) is 5.56 Å². The lowest BCUT2D eigenvalue weighted by Crippen LogP contribution is -2.30. The topological polar surface area (TPSA) is 66.8 Å². The Balaban J connectivity index is 1.46. The molecule has 0 spiro atoms. The molecule has 0 radical (unpaired) electrons. The highest BCUT2D eigenvalue weighted by molar-refractivity contribution is 5.79. The number of fused-ring (bicyclic) bond motifs is 1. The molecule has 0 fully saturated rings. The minimum atomic E-state index is -0.371. The summed E-state index contributed by atoms with van der Waals surface area (Å²) in [5.74, 6) is -0.371. The number of hydrogen-bond acceptors (Lipinski definition) is 4. The molecule has 0 amide bonds. The lowest BCUT2D eigenvalue weighted by molar-refractivity contribution is 0.247. The van der Waals surface area contributed by atoms with Gasteiger partial charge in [-0.05, 0) is 61.3 Å². The zero-order valence-electron chi connectivity index (χ0n) is 19.6. The van der Waals surface area contributed by atoms with Crippen LogP contribution in [0.25, 0.3) is 22.2 Å². The summed E-state index contributed by atoms with van der Waals surface area (Å²) < 4.78 is 15.7. The molecule has 2 aromatic carbocycles. The molecule has 1 unspecified atom stereocenters. The van der Waals surface area contributed by atoms with Crippen LogP contribution in [-0.2, 0) is 13.1 Å². The summed E-state index contributed by atoms with van der Waals surface area (Å²) >= 11 is 0. The fraction of sp³-hybridized carbons (Fsp3) is 0.179. The van der Waals surface area contributed by atoms with Crippen LogP contribution in [0.4, 0.5) is 4.39 Å². The zero-order chi connectivity index (χ0) is 24.4. The maximum absolute atomic E-state index is 14.1. The highest BCUT2D eigenvalue weighted by Gasteiger charge is 2.18. The lowest BCUT2D eigenvalue weighted by Gasteiger charge is -2.24. The second-order valence-electron chi connectivity index (χ2n) is 8.79. The Kier molecular flexibility index (Phi) is 6.25. The van der Waals surface area contributed by atoms with E-state index in [-0.39, 0.29) is 17.4 Å². The largest absolute Gasteiger partial charge is 0.303 e. The Labute approximate surface area is 202 Å². The molecule has 0 aliphatic heterocycles. The summed E-state index contributed by atoms with van der Waals surface area (Å²) in [5, 5.41) is 8.43. The lowest BCUT2D eigenvalue weighted by atomic mass is 10.1. The zero-order valence-corrected chi connectivity index (χ0v) is 19.6. The molecule has 1 N–H and O–H groups in total. The first-order chi connectivity index (χ1) is 17.0. The maximum Gasteiger partial charge on any atom is 0.255 e. The van der Waals surface area contributed by atoms with Gasteiger partial charge in [0.1, 0.15) is 5.82 Å². The number of aromatic amines is 1. The van der Waals surface area contributed by atoms with Crippen LogP contribution in [0.1, 0.15) is 29.8 Å². The summed E-state index contributed by atoms with van der Waals surface area (Å²) in [7, 11) is 1.98. The smallest absolute Gasteiger partial charge is 0.255 e. The quantitative estimate of drug-likeness (QED) is 0.359. The van der Waals surface area contributed by atoms with Gasteiger partial charge in [-0.15, -0.1) is 0 Å². The number of benzene rings is 2. The minimum Gasteiger partial charge on any atom is -0.303 e. The molecule has 3 aromatic heterocycles. The molecule has 6 nitrogen and oxygen atoms in total. The van der Waals surface area contributed by atoms with E-state index in [2.05, 4.69) is 27.0 Å². The molecule has 0 aliphatic carbocycles. The summed E-state index contributed by atoms with van der Waals surface area (Å²) in [4.78, 5) is 19.8. The van der Waals surface area contributed by atoms with Crippen molar-refractivity contribution >= 4 is 10.9 Å². The number of nitrogens with zero attached hydrogens (tertiary/aromatic N) is 4. The Bertz CT molecular complexity index is 1510. The molecule has 5 rings (SSSR count). The molecule has 7 heteroatoms. The standard InChI is InChI=1S/C28H26FN5O/c1-19(25-15-26(32-31-25)21-8-4-3-5-9-21)33(2)18-23-13-22-10-11-24(29)14-27(22)34(28(23)35)17-20-7-6-12-30-16-20/h3-16,19H,17-18H2,1-2H3,(H,31,32). The van der Waals surface area contributed by atoms with Gasteiger partial charge < -0.3 is 4.57 Å². The van der Waals surface area contributed by atoms with Gasteiger partial charge in [0.15, 0.2) is 0 Å². The molecule has 1 atom stereocenters. The molecular formula is C28H26FN5O. The van der Waals surface area contributed by atoms with E-state index in [0.717, 1.165) is 27.9 Å². The van der Waals surface area contributed by atoms with Crippen molar-refractivity contribution in [3.63, 3.8) is 0 Å². The van der Waals surface area contributed by atoms with Gasteiger partial charge in [0, 0.05) is 36.1 Å². The first-order valence-electron chi connectivity index (χ1n) is 11.5. The average molecular weight is 468 g/mol. The van der Waals surface area contributed by atoms with Crippen molar-refractivity contribution in [2.24, 2.45) is 0 Å². The van der Waals surface area contributed by atoms with Crippen molar-refractivity contribution in [1.82, 2.24) is 24.6 Å². The van der Waals surface area contributed by atoms with Crippen molar-refractivity contribution in [2.75, 3.05) is 7.05 Å². The van der Waals surface area contributed by atoms with E-state index in [1.807, 2.05) is 61.6 Å². The van der Waals surface area contributed by atoms with Gasteiger partial charge in [0.2, 0.25) is 0 Å². The molecular weight excluding hydrogens is 441 g/mol. The molecule has 0 saturated heterocycles. The van der Waals surface area contributed by atoms with Crippen LogP contribution in [0.3, 0.4) is 0 Å². The molecule has 5 aromatic rings. The highest BCUT2D eigenvalue weighted by Crippen LogP contribution is 2.24. The summed E-state index contributed by atoms with van der Waals surface area (Å²) in [6.07, 6.45) is 3.41. The molecule has 3 heterocycles. The number of nitrogens with one attached hydrogen (secondary N) is 1. The summed E-state index contributed by atoms with van der Waals surface area (Å²) in [6.45, 7) is 2.83. The van der Waals surface area contributed by atoms with Gasteiger partial charge in [-0.25, -0.2) is 4.39 Å². The third-order valence-electron chi connectivity index (χ3n) is 6.39. The Morgan fingerprint density at radius 3 is 2.66 bits per heavy atom. The van der Waals surface area contributed by atoms with E-state index in [9.17, 15) is 9.18 Å². The minimum absolute atomic E-state index is 0.00458. The van der Waals surface area contributed by atoms with Gasteiger partial charge in [0.05, 0.1) is 23.4 Å². The SMILES string of the molecule is CC(c1cc(-c2ccccc2)n[nH]1)N(C)Cc1cc2ccc(F)cc2n(Cc2cccnc2)c1=O. The fourth-order valence-electron chi connectivity index (χ4n) is 4.30. The van der Waals surface area contributed by atoms with Gasteiger partial charge >= 0.3 is 0 Å². The molecule has 0 aliphatic rings. The maximum atomic E-state index is 14.1. The van der Waals surface area contributed by atoms with E-state index in [1.54, 1.807) is 23.0 Å². The fourth-order valence-corrected chi connectivity index (χ4v) is 4.30. The van der Waals surface area contributed by atoms with Crippen molar-refractivity contribution < 1.29 is 4.39 Å². The van der Waals surface area contributed by atoms with E-state index >= 15 is 0 Å². The normalized spacial score (nSPS) is 12.3. The Morgan fingerprint density at radius 2 is 1.89 bits per heavy atom. The van der Waals surface area contributed by atoms with Crippen molar-refractivity contribution in [3.05, 3.63) is 118 Å². The van der Waals surface area contributed by atoms with Gasteiger partial charge in [-0.2, -0.15) is 5.10 Å². The second kappa shape index (κ2) is 9.64. The first kappa shape index (κ1) is 22.7. The van der Waals surface area contributed by atoms with Crippen LogP contribution in [0.5, 0.6) is 0 Å². The molecule has 0 bridgehead atoms. The highest BCUT2D eigenvalue weighted by atomic mass is 19.1. The summed E-state index contributed by atoms with van der Waals surface area (Å²) in [6, 6.07) is 22.2. The first-order valence-corrected chi connectivity index (χ1v) is 11.5. The number of pyridine rings is 2. The van der Waals surface area contributed by atoms with Crippen LogP contribution in [-0.4, -0.2) is 31.7 Å². The number of aromatic nitrogens is 4. The van der Waals surface area contributed by atoms with E-state index < -0.39 is 0 Å². The van der Waals surface area contributed by atoms with Crippen molar-refractivity contribution in [3.8, 4) is 11.3 Å². The van der Waals surface area contributed by atoms with Crippen molar-refractivity contribution in [2.45, 2.75) is 26.1 Å². The monoisotopic (exact) mass is 467 g/mol. The van der Waals surface area contributed by atoms with E-state index in [4.69, 9.17) is 0 Å². The van der Waals surface area contributed by atoms with Crippen LogP contribution in [0.15, 0.2) is 90.0 Å². The number of rotatable bonds is 7. The number of halogens is 1. The number of H-pyrrole nitrogens is 1. The van der Waals surface area contributed by atoms with E-state index in [0.29, 0.717) is 24.2 Å². The van der Waals surface area contributed by atoms with Crippen LogP contribution in [0, 0.1) is 5.82 Å².